The highest BCUT2D eigenvalue weighted by Gasteiger charge is 2.11. The SMILES string of the molecule is CC(C)CCC(C)Nc1c(F)cccc1F. The highest BCUT2D eigenvalue weighted by Crippen LogP contribution is 2.20. The van der Waals surface area contributed by atoms with E-state index in [0.29, 0.717) is 5.92 Å². The number of halogens is 2. The first-order valence-corrected chi connectivity index (χ1v) is 5.71. The molecular formula is C13H19F2N. The van der Waals surface area contributed by atoms with Crippen LogP contribution in [0.25, 0.3) is 0 Å². The van der Waals surface area contributed by atoms with E-state index in [1.807, 2.05) is 6.92 Å². The second-order valence-corrected chi connectivity index (χ2v) is 4.61. The minimum atomic E-state index is -0.531. The summed E-state index contributed by atoms with van der Waals surface area (Å²) in [4.78, 5) is 0. The van der Waals surface area contributed by atoms with Crippen LogP contribution in [-0.4, -0.2) is 6.04 Å². The number of benzene rings is 1. The van der Waals surface area contributed by atoms with Crippen molar-refractivity contribution >= 4 is 5.69 Å². The third-order valence-corrected chi connectivity index (χ3v) is 2.53. The van der Waals surface area contributed by atoms with E-state index in [4.69, 9.17) is 0 Å². The second kappa shape index (κ2) is 5.83. The summed E-state index contributed by atoms with van der Waals surface area (Å²) in [7, 11) is 0. The van der Waals surface area contributed by atoms with E-state index >= 15 is 0 Å². The fourth-order valence-corrected chi connectivity index (χ4v) is 1.54. The van der Waals surface area contributed by atoms with Gasteiger partial charge in [0.2, 0.25) is 0 Å². The molecule has 1 aromatic carbocycles. The van der Waals surface area contributed by atoms with Gasteiger partial charge in [0.15, 0.2) is 0 Å². The topological polar surface area (TPSA) is 12.0 Å². The van der Waals surface area contributed by atoms with Crippen molar-refractivity contribution in [2.24, 2.45) is 5.92 Å². The van der Waals surface area contributed by atoms with Gasteiger partial charge in [-0.1, -0.05) is 19.9 Å². The molecule has 0 bridgehead atoms. The van der Waals surface area contributed by atoms with Gasteiger partial charge in [0.05, 0.1) is 0 Å². The van der Waals surface area contributed by atoms with Crippen molar-refractivity contribution in [2.75, 3.05) is 5.32 Å². The number of nitrogens with one attached hydrogen (secondary N) is 1. The van der Waals surface area contributed by atoms with E-state index in [9.17, 15) is 8.78 Å². The van der Waals surface area contributed by atoms with Gasteiger partial charge >= 0.3 is 0 Å². The average Bonchev–Trinajstić information content (AvgIpc) is 2.21. The molecule has 0 fully saturated rings. The second-order valence-electron chi connectivity index (χ2n) is 4.61. The van der Waals surface area contributed by atoms with Gasteiger partial charge in [0, 0.05) is 6.04 Å². The minimum Gasteiger partial charge on any atom is -0.378 e. The molecule has 1 atom stereocenters. The number of hydrogen-bond acceptors (Lipinski definition) is 1. The van der Waals surface area contributed by atoms with Gasteiger partial charge in [0.25, 0.3) is 0 Å². The summed E-state index contributed by atoms with van der Waals surface area (Å²) in [6.07, 6.45) is 1.95. The van der Waals surface area contributed by atoms with Crippen LogP contribution < -0.4 is 5.32 Å². The van der Waals surface area contributed by atoms with Crippen molar-refractivity contribution in [3.8, 4) is 0 Å². The summed E-state index contributed by atoms with van der Waals surface area (Å²) in [5.74, 6) is -0.456. The number of anilines is 1. The van der Waals surface area contributed by atoms with Crippen LogP contribution >= 0.6 is 0 Å². The van der Waals surface area contributed by atoms with Crippen LogP contribution in [-0.2, 0) is 0 Å². The number of para-hydroxylation sites is 1. The van der Waals surface area contributed by atoms with Crippen LogP contribution in [0, 0.1) is 17.6 Å². The van der Waals surface area contributed by atoms with Crippen LogP contribution in [0.2, 0.25) is 0 Å². The Labute approximate surface area is 95.9 Å². The summed E-state index contributed by atoms with van der Waals surface area (Å²) >= 11 is 0. The van der Waals surface area contributed by atoms with E-state index in [2.05, 4.69) is 19.2 Å². The quantitative estimate of drug-likeness (QED) is 0.794. The maximum Gasteiger partial charge on any atom is 0.149 e. The van der Waals surface area contributed by atoms with E-state index in [1.165, 1.54) is 18.2 Å². The van der Waals surface area contributed by atoms with Gasteiger partial charge in [-0.3, -0.25) is 0 Å². The normalized spacial score (nSPS) is 12.9. The lowest BCUT2D eigenvalue weighted by Gasteiger charge is -2.17. The Hall–Kier alpha value is -1.12. The van der Waals surface area contributed by atoms with E-state index in [0.717, 1.165) is 12.8 Å². The highest BCUT2D eigenvalue weighted by molar-refractivity contribution is 5.46. The lowest BCUT2D eigenvalue weighted by molar-refractivity contribution is 0.521. The summed E-state index contributed by atoms with van der Waals surface area (Å²) in [6, 6.07) is 3.98. The van der Waals surface area contributed by atoms with E-state index in [1.54, 1.807) is 0 Å². The Morgan fingerprint density at radius 3 is 2.12 bits per heavy atom. The Bertz CT molecular complexity index is 316. The van der Waals surface area contributed by atoms with Crippen molar-refractivity contribution in [1.82, 2.24) is 0 Å². The molecule has 0 radical (unpaired) electrons. The monoisotopic (exact) mass is 227 g/mol. The van der Waals surface area contributed by atoms with Gasteiger partial charge in [-0.15, -0.1) is 0 Å². The van der Waals surface area contributed by atoms with Crippen LogP contribution in [0.3, 0.4) is 0 Å². The zero-order chi connectivity index (χ0) is 12.1. The van der Waals surface area contributed by atoms with Crippen LogP contribution in [0.4, 0.5) is 14.5 Å². The maximum absolute atomic E-state index is 13.3. The lowest BCUT2D eigenvalue weighted by atomic mass is 10.0. The number of rotatable bonds is 5. The largest absolute Gasteiger partial charge is 0.378 e. The summed E-state index contributed by atoms with van der Waals surface area (Å²) in [5.41, 5.74) is -0.0150. The predicted molar refractivity (Wildman–Crippen MR) is 63.5 cm³/mol. The van der Waals surface area contributed by atoms with Crippen LogP contribution in [0.1, 0.15) is 33.6 Å². The lowest BCUT2D eigenvalue weighted by Crippen LogP contribution is -2.17. The van der Waals surface area contributed by atoms with Crippen molar-refractivity contribution in [1.29, 1.82) is 0 Å². The molecule has 0 aliphatic heterocycles. The first-order valence-electron chi connectivity index (χ1n) is 5.71. The Morgan fingerprint density at radius 2 is 1.62 bits per heavy atom. The molecule has 0 saturated carbocycles. The average molecular weight is 227 g/mol. The van der Waals surface area contributed by atoms with Gasteiger partial charge < -0.3 is 5.32 Å². The molecule has 0 aromatic heterocycles. The Kier molecular flexibility index (Phi) is 4.71. The summed E-state index contributed by atoms with van der Waals surface area (Å²) < 4.78 is 26.6. The standard InChI is InChI=1S/C13H19F2N/c1-9(2)7-8-10(3)16-13-11(14)5-4-6-12(13)15/h4-6,9-10,16H,7-8H2,1-3H3. The van der Waals surface area contributed by atoms with Crippen molar-refractivity contribution < 1.29 is 8.78 Å². The molecule has 0 aliphatic carbocycles. The fraction of sp³-hybridized carbons (Fsp3) is 0.538. The van der Waals surface area contributed by atoms with Crippen LogP contribution in [0.15, 0.2) is 18.2 Å². The Balaban J connectivity index is 2.59. The first-order chi connectivity index (χ1) is 7.50. The molecule has 1 N–H and O–H groups in total. The molecule has 0 amide bonds. The smallest absolute Gasteiger partial charge is 0.149 e. The minimum absolute atomic E-state index is 0.0150. The Morgan fingerprint density at radius 1 is 1.06 bits per heavy atom. The highest BCUT2D eigenvalue weighted by atomic mass is 19.1. The molecule has 90 valence electrons. The zero-order valence-corrected chi connectivity index (χ0v) is 10.1. The molecule has 0 aliphatic rings. The van der Waals surface area contributed by atoms with Crippen LogP contribution in [0.5, 0.6) is 0 Å². The third kappa shape index (κ3) is 3.80. The van der Waals surface area contributed by atoms with E-state index < -0.39 is 11.6 Å². The molecular weight excluding hydrogens is 208 g/mol. The molecule has 1 rings (SSSR count). The predicted octanol–water partition coefficient (Wildman–Crippen LogP) is 4.20. The molecule has 3 heteroatoms. The molecule has 1 unspecified atom stereocenters. The van der Waals surface area contributed by atoms with Gasteiger partial charge in [0.1, 0.15) is 17.3 Å². The first kappa shape index (κ1) is 12.9. The molecule has 1 aromatic rings. The van der Waals surface area contributed by atoms with E-state index in [-0.39, 0.29) is 11.7 Å². The van der Waals surface area contributed by atoms with Crippen molar-refractivity contribution in [2.45, 2.75) is 39.7 Å². The summed E-state index contributed by atoms with van der Waals surface area (Å²) in [6.45, 7) is 6.21. The molecule has 0 saturated heterocycles. The fourth-order valence-electron chi connectivity index (χ4n) is 1.54. The molecule has 0 spiro atoms. The van der Waals surface area contributed by atoms with Crippen molar-refractivity contribution in [3.63, 3.8) is 0 Å². The number of hydrogen-bond donors (Lipinski definition) is 1. The van der Waals surface area contributed by atoms with Gasteiger partial charge in [-0.25, -0.2) is 8.78 Å². The molecule has 1 nitrogen and oxygen atoms in total. The van der Waals surface area contributed by atoms with Gasteiger partial charge in [-0.2, -0.15) is 0 Å². The third-order valence-electron chi connectivity index (χ3n) is 2.53. The maximum atomic E-state index is 13.3. The molecule has 16 heavy (non-hydrogen) atoms. The molecule has 0 heterocycles. The van der Waals surface area contributed by atoms with Gasteiger partial charge in [-0.05, 0) is 37.8 Å². The zero-order valence-electron chi connectivity index (χ0n) is 10.1. The van der Waals surface area contributed by atoms with Crippen molar-refractivity contribution in [3.05, 3.63) is 29.8 Å². The summed E-state index contributed by atoms with van der Waals surface area (Å²) in [5, 5.41) is 2.88.